The van der Waals surface area contributed by atoms with E-state index in [-0.39, 0.29) is 5.91 Å². The number of nitrogens with zero attached hydrogens (tertiary/aromatic N) is 4. The Morgan fingerprint density at radius 1 is 1.00 bits per heavy atom. The van der Waals surface area contributed by atoms with E-state index in [1.807, 2.05) is 58.3 Å². The van der Waals surface area contributed by atoms with Crippen molar-refractivity contribution < 1.29 is 4.79 Å². The molecular weight excluding hydrogens is 362 g/mol. The summed E-state index contributed by atoms with van der Waals surface area (Å²) in [5, 5.41) is 7.27. The van der Waals surface area contributed by atoms with E-state index in [2.05, 4.69) is 44.6 Å². The van der Waals surface area contributed by atoms with Crippen molar-refractivity contribution in [1.82, 2.24) is 14.6 Å². The summed E-state index contributed by atoms with van der Waals surface area (Å²) < 4.78 is 1.69. The summed E-state index contributed by atoms with van der Waals surface area (Å²) in [7, 11) is 4.03. The third kappa shape index (κ3) is 3.69. The molecule has 0 aliphatic rings. The first-order valence-electron chi connectivity index (χ1n) is 9.43. The van der Waals surface area contributed by atoms with Crippen LogP contribution in [-0.2, 0) is 0 Å². The van der Waals surface area contributed by atoms with Crippen LogP contribution in [0.4, 0.5) is 11.4 Å². The number of carbonyl (C=O) groups excluding carboxylic acids is 1. The van der Waals surface area contributed by atoms with Gasteiger partial charge in [0.2, 0.25) is 0 Å². The third-order valence-corrected chi connectivity index (χ3v) is 4.86. The fourth-order valence-electron chi connectivity index (χ4n) is 3.36. The van der Waals surface area contributed by atoms with E-state index in [1.54, 1.807) is 10.7 Å². The highest BCUT2D eigenvalue weighted by molar-refractivity contribution is 6.08. The molecule has 0 atom stereocenters. The van der Waals surface area contributed by atoms with Gasteiger partial charge in [0, 0.05) is 36.9 Å². The molecule has 0 saturated carbocycles. The Morgan fingerprint density at radius 2 is 1.76 bits per heavy atom. The molecule has 2 heterocycles. The van der Waals surface area contributed by atoms with Gasteiger partial charge in [-0.1, -0.05) is 24.3 Å². The summed E-state index contributed by atoms with van der Waals surface area (Å²) in [5.74, 6) is -0.224. The lowest BCUT2D eigenvalue weighted by Crippen LogP contribution is -2.12. The first-order chi connectivity index (χ1) is 13.9. The topological polar surface area (TPSA) is 62.5 Å². The molecule has 146 valence electrons. The van der Waals surface area contributed by atoms with E-state index in [1.165, 1.54) is 0 Å². The summed E-state index contributed by atoms with van der Waals surface area (Å²) >= 11 is 0. The average Bonchev–Trinajstić information content (AvgIpc) is 3.12. The number of hydrogen-bond donors (Lipinski definition) is 1. The van der Waals surface area contributed by atoms with Crippen LogP contribution < -0.4 is 10.2 Å². The maximum Gasteiger partial charge on any atom is 0.261 e. The zero-order chi connectivity index (χ0) is 20.5. The summed E-state index contributed by atoms with van der Waals surface area (Å²) in [6.45, 7) is 3.86. The van der Waals surface area contributed by atoms with Gasteiger partial charge in [0.25, 0.3) is 5.91 Å². The van der Waals surface area contributed by atoms with E-state index >= 15 is 0 Å². The smallest absolute Gasteiger partial charge is 0.261 e. The minimum absolute atomic E-state index is 0.224. The summed E-state index contributed by atoms with van der Waals surface area (Å²) in [6.07, 6.45) is 1.56. The summed E-state index contributed by atoms with van der Waals surface area (Å²) in [6, 6.07) is 18.1. The molecule has 0 bridgehead atoms. The van der Waals surface area contributed by atoms with Crippen LogP contribution in [0.3, 0.4) is 0 Å². The van der Waals surface area contributed by atoms with Gasteiger partial charge in [-0.2, -0.15) is 5.10 Å². The van der Waals surface area contributed by atoms with Crippen molar-refractivity contribution in [3.05, 3.63) is 77.7 Å². The molecular formula is C23H23N5O. The Hall–Kier alpha value is -3.67. The number of amides is 1. The number of anilines is 2. The summed E-state index contributed by atoms with van der Waals surface area (Å²) in [4.78, 5) is 19.4. The van der Waals surface area contributed by atoms with Crippen LogP contribution >= 0.6 is 0 Å². The van der Waals surface area contributed by atoms with Crippen molar-refractivity contribution in [2.24, 2.45) is 0 Å². The molecule has 0 fully saturated rings. The molecule has 2 aromatic heterocycles. The zero-order valence-corrected chi connectivity index (χ0v) is 17.0. The molecule has 1 amide bonds. The third-order valence-electron chi connectivity index (χ3n) is 4.86. The van der Waals surface area contributed by atoms with Crippen molar-refractivity contribution in [1.29, 1.82) is 0 Å². The van der Waals surface area contributed by atoms with Gasteiger partial charge in [-0.3, -0.25) is 4.79 Å². The fraction of sp³-hybridized carbons (Fsp3) is 0.174. The Labute approximate surface area is 169 Å². The van der Waals surface area contributed by atoms with Crippen LogP contribution in [0.5, 0.6) is 0 Å². The van der Waals surface area contributed by atoms with E-state index in [4.69, 9.17) is 0 Å². The number of hydrogen-bond acceptors (Lipinski definition) is 4. The van der Waals surface area contributed by atoms with E-state index in [9.17, 15) is 4.79 Å². The van der Waals surface area contributed by atoms with Crippen LogP contribution in [0.1, 0.15) is 21.7 Å². The van der Waals surface area contributed by atoms with E-state index < -0.39 is 0 Å². The lowest BCUT2D eigenvalue weighted by Gasteiger charge is -2.13. The number of rotatable bonds is 4. The normalized spacial score (nSPS) is 10.9. The minimum Gasteiger partial charge on any atom is -0.378 e. The van der Waals surface area contributed by atoms with Gasteiger partial charge in [0.15, 0.2) is 5.65 Å². The zero-order valence-electron chi connectivity index (χ0n) is 17.0. The van der Waals surface area contributed by atoms with Crippen LogP contribution in [0.25, 0.3) is 16.8 Å². The second kappa shape index (κ2) is 7.39. The number of fused-ring (bicyclic) bond motifs is 1. The van der Waals surface area contributed by atoms with Crippen molar-refractivity contribution in [3.8, 4) is 11.1 Å². The number of nitrogens with one attached hydrogen (secondary N) is 1. The number of carbonyl (C=O) groups is 1. The molecule has 4 rings (SSSR count). The Morgan fingerprint density at radius 3 is 2.48 bits per heavy atom. The molecule has 0 aliphatic heterocycles. The largest absolute Gasteiger partial charge is 0.378 e. The maximum absolute atomic E-state index is 12.9. The molecule has 1 N–H and O–H groups in total. The van der Waals surface area contributed by atoms with Crippen LogP contribution in [0, 0.1) is 13.8 Å². The average molecular weight is 385 g/mol. The van der Waals surface area contributed by atoms with Gasteiger partial charge < -0.3 is 10.2 Å². The lowest BCUT2D eigenvalue weighted by atomic mass is 10.0. The SMILES string of the molecule is Cc1cc(C)n2ncc(C(=O)Nc3cccc(-c4ccc(N(C)C)cc4)c3)c2n1. The van der Waals surface area contributed by atoms with Gasteiger partial charge in [-0.25, -0.2) is 9.50 Å². The Kier molecular flexibility index (Phi) is 4.76. The predicted molar refractivity (Wildman–Crippen MR) is 117 cm³/mol. The standard InChI is InChI=1S/C23H23N5O/c1-15-12-16(2)28-22(25-15)21(14-24-28)23(29)26-19-7-5-6-18(13-19)17-8-10-20(11-9-17)27(3)4/h5-14H,1-4H3,(H,26,29). The number of aromatic nitrogens is 3. The van der Waals surface area contributed by atoms with E-state index in [0.717, 1.165) is 33.9 Å². The first kappa shape index (κ1) is 18.7. The second-order valence-electron chi connectivity index (χ2n) is 7.31. The van der Waals surface area contributed by atoms with E-state index in [0.29, 0.717) is 11.2 Å². The highest BCUT2D eigenvalue weighted by Crippen LogP contribution is 2.25. The van der Waals surface area contributed by atoms with Gasteiger partial charge in [-0.15, -0.1) is 0 Å². The van der Waals surface area contributed by atoms with Gasteiger partial charge >= 0.3 is 0 Å². The minimum atomic E-state index is -0.224. The van der Waals surface area contributed by atoms with Crippen LogP contribution in [0.2, 0.25) is 0 Å². The molecule has 0 radical (unpaired) electrons. The predicted octanol–water partition coefficient (Wildman–Crippen LogP) is 4.33. The summed E-state index contributed by atoms with van der Waals surface area (Å²) in [5.41, 5.74) is 6.82. The number of benzene rings is 2. The maximum atomic E-state index is 12.9. The second-order valence-corrected chi connectivity index (χ2v) is 7.31. The molecule has 29 heavy (non-hydrogen) atoms. The highest BCUT2D eigenvalue weighted by Gasteiger charge is 2.16. The highest BCUT2D eigenvalue weighted by atomic mass is 16.1. The monoisotopic (exact) mass is 385 g/mol. The van der Waals surface area contributed by atoms with Gasteiger partial charge in [0.1, 0.15) is 5.56 Å². The van der Waals surface area contributed by atoms with Crippen molar-refractivity contribution >= 4 is 22.9 Å². The van der Waals surface area contributed by atoms with Crippen molar-refractivity contribution in [2.45, 2.75) is 13.8 Å². The lowest BCUT2D eigenvalue weighted by molar-refractivity contribution is 0.102. The molecule has 0 spiro atoms. The molecule has 0 saturated heterocycles. The first-order valence-corrected chi connectivity index (χ1v) is 9.43. The molecule has 0 aliphatic carbocycles. The molecule has 0 unspecified atom stereocenters. The molecule has 4 aromatic rings. The Bertz CT molecular complexity index is 1190. The number of aryl methyl sites for hydroxylation is 2. The molecule has 6 heteroatoms. The van der Waals surface area contributed by atoms with Crippen molar-refractivity contribution in [2.75, 3.05) is 24.3 Å². The van der Waals surface area contributed by atoms with Gasteiger partial charge in [-0.05, 0) is 55.3 Å². The van der Waals surface area contributed by atoms with Crippen LogP contribution in [0.15, 0.2) is 60.8 Å². The van der Waals surface area contributed by atoms with Crippen LogP contribution in [-0.4, -0.2) is 34.6 Å². The molecule has 6 nitrogen and oxygen atoms in total. The Balaban J connectivity index is 1.60. The fourth-order valence-corrected chi connectivity index (χ4v) is 3.36. The molecule has 2 aromatic carbocycles. The quantitative estimate of drug-likeness (QED) is 0.568. The van der Waals surface area contributed by atoms with Crippen molar-refractivity contribution in [3.63, 3.8) is 0 Å². The van der Waals surface area contributed by atoms with Gasteiger partial charge in [0.05, 0.1) is 6.20 Å².